The lowest BCUT2D eigenvalue weighted by Crippen LogP contribution is -2.32. The van der Waals surface area contributed by atoms with Crippen molar-refractivity contribution < 1.29 is 14.3 Å². The second-order valence-electron chi connectivity index (χ2n) is 6.86. The number of hydrogen-bond acceptors (Lipinski definition) is 7. The minimum atomic E-state index is -0.727. The van der Waals surface area contributed by atoms with E-state index in [0.29, 0.717) is 11.7 Å². The van der Waals surface area contributed by atoms with Crippen molar-refractivity contribution in [3.8, 4) is 0 Å². The van der Waals surface area contributed by atoms with Gasteiger partial charge in [0.05, 0.1) is 25.4 Å². The molecule has 1 aromatic carbocycles. The van der Waals surface area contributed by atoms with Gasteiger partial charge in [0.2, 0.25) is 5.91 Å². The molecule has 1 fully saturated rings. The van der Waals surface area contributed by atoms with Crippen LogP contribution < -0.4 is 5.32 Å². The van der Waals surface area contributed by atoms with Gasteiger partial charge in [-0.15, -0.1) is 10.2 Å². The molecular weight excluding hydrogens is 390 g/mol. The van der Waals surface area contributed by atoms with Crippen LogP contribution in [-0.4, -0.2) is 57.1 Å². The number of benzene rings is 1. The van der Waals surface area contributed by atoms with E-state index < -0.39 is 12.0 Å². The lowest BCUT2D eigenvalue weighted by Gasteiger charge is -2.26. The zero-order valence-electron chi connectivity index (χ0n) is 16.7. The van der Waals surface area contributed by atoms with Gasteiger partial charge >= 0.3 is 6.09 Å². The first-order valence-corrected chi connectivity index (χ1v) is 10.9. The molecule has 8 nitrogen and oxygen atoms in total. The Kier molecular flexibility index (Phi) is 8.06. The van der Waals surface area contributed by atoms with Gasteiger partial charge in [-0.1, -0.05) is 48.5 Å². The van der Waals surface area contributed by atoms with Crippen LogP contribution >= 0.6 is 11.8 Å². The number of nitrogens with zero attached hydrogens (tertiary/aromatic N) is 4. The molecule has 0 saturated carbocycles. The van der Waals surface area contributed by atoms with E-state index in [2.05, 4.69) is 37.1 Å². The molecule has 1 saturated heterocycles. The van der Waals surface area contributed by atoms with Crippen molar-refractivity contribution in [1.29, 1.82) is 0 Å². The molecule has 1 N–H and O–H groups in total. The van der Waals surface area contributed by atoms with Crippen LogP contribution in [0.3, 0.4) is 0 Å². The van der Waals surface area contributed by atoms with Crippen molar-refractivity contribution in [2.24, 2.45) is 0 Å². The molecule has 0 aliphatic carbocycles. The molecule has 1 aliphatic rings. The van der Waals surface area contributed by atoms with Gasteiger partial charge in [-0.3, -0.25) is 15.0 Å². The first-order valence-electron chi connectivity index (χ1n) is 9.93. The van der Waals surface area contributed by atoms with Crippen molar-refractivity contribution in [2.75, 3.05) is 25.4 Å². The maximum absolute atomic E-state index is 12.0. The highest BCUT2D eigenvalue weighted by Gasteiger charge is 2.19. The van der Waals surface area contributed by atoms with E-state index in [9.17, 15) is 9.59 Å². The summed E-state index contributed by atoms with van der Waals surface area (Å²) in [7, 11) is 0. The summed E-state index contributed by atoms with van der Waals surface area (Å²) in [6.07, 6.45) is 2.98. The highest BCUT2D eigenvalue weighted by molar-refractivity contribution is 7.99. The van der Waals surface area contributed by atoms with E-state index in [-0.39, 0.29) is 12.4 Å². The molecule has 3 rings (SSSR count). The van der Waals surface area contributed by atoms with Gasteiger partial charge in [0, 0.05) is 0 Å². The number of rotatable bonds is 8. The van der Waals surface area contributed by atoms with Crippen molar-refractivity contribution in [2.45, 2.75) is 44.4 Å². The zero-order chi connectivity index (χ0) is 20.5. The molecule has 29 heavy (non-hydrogen) atoms. The van der Waals surface area contributed by atoms with E-state index in [1.165, 1.54) is 31.0 Å². The van der Waals surface area contributed by atoms with E-state index in [4.69, 9.17) is 4.74 Å². The maximum atomic E-state index is 12.0. The van der Waals surface area contributed by atoms with Gasteiger partial charge in [0.15, 0.2) is 5.16 Å². The summed E-state index contributed by atoms with van der Waals surface area (Å²) in [4.78, 5) is 25.8. The molecule has 0 atom stereocenters. The number of ether oxygens (including phenoxy) is 1. The van der Waals surface area contributed by atoms with Crippen LogP contribution in [0.15, 0.2) is 35.5 Å². The number of nitrogens with one attached hydrogen (secondary N) is 1. The third kappa shape index (κ3) is 6.57. The molecule has 0 radical (unpaired) electrons. The van der Waals surface area contributed by atoms with Crippen molar-refractivity contribution in [3.05, 3.63) is 41.7 Å². The van der Waals surface area contributed by atoms with E-state index in [0.717, 1.165) is 31.0 Å². The van der Waals surface area contributed by atoms with E-state index in [1.807, 2.05) is 18.2 Å². The Labute approximate surface area is 175 Å². The summed E-state index contributed by atoms with van der Waals surface area (Å²) < 4.78 is 6.80. The Balaban J connectivity index is 1.69. The van der Waals surface area contributed by atoms with E-state index in [1.54, 1.807) is 6.92 Å². The van der Waals surface area contributed by atoms with Gasteiger partial charge in [-0.2, -0.15) is 0 Å². The molecule has 156 valence electrons. The highest BCUT2D eigenvalue weighted by Crippen LogP contribution is 2.21. The second kappa shape index (κ2) is 11.0. The van der Waals surface area contributed by atoms with Crippen LogP contribution in [0, 0.1) is 0 Å². The van der Waals surface area contributed by atoms with Gasteiger partial charge in [-0.05, 0) is 38.4 Å². The largest absolute Gasteiger partial charge is 0.450 e. The Hall–Kier alpha value is -2.39. The third-order valence-corrected chi connectivity index (χ3v) is 5.61. The quantitative estimate of drug-likeness (QED) is 0.661. The summed E-state index contributed by atoms with van der Waals surface area (Å²) in [6.45, 7) is 5.44. The average Bonchev–Trinajstić information content (AvgIpc) is 3.09. The molecule has 0 spiro atoms. The molecule has 1 aromatic heterocycles. The van der Waals surface area contributed by atoms with Crippen LogP contribution in [0.1, 0.15) is 37.6 Å². The molecule has 9 heteroatoms. The van der Waals surface area contributed by atoms with Crippen LogP contribution in [0.25, 0.3) is 0 Å². The van der Waals surface area contributed by atoms with Crippen molar-refractivity contribution >= 4 is 23.8 Å². The van der Waals surface area contributed by atoms with Gasteiger partial charge < -0.3 is 9.30 Å². The number of likely N-dealkylation sites (tertiary alicyclic amines) is 1. The number of thioether (sulfide) groups is 1. The van der Waals surface area contributed by atoms with Crippen molar-refractivity contribution in [1.82, 2.24) is 25.0 Å². The summed E-state index contributed by atoms with van der Waals surface area (Å²) in [5.74, 6) is 0.541. The first kappa shape index (κ1) is 21.3. The van der Waals surface area contributed by atoms with Gasteiger partial charge in [-0.25, -0.2) is 4.79 Å². The highest BCUT2D eigenvalue weighted by atomic mass is 32.2. The monoisotopic (exact) mass is 417 g/mol. The fourth-order valence-electron chi connectivity index (χ4n) is 3.23. The number of carbonyl (C=O) groups is 2. The summed E-state index contributed by atoms with van der Waals surface area (Å²) >= 11 is 1.27. The molecular formula is C20H27N5O3S. The Morgan fingerprint density at radius 3 is 2.59 bits per heavy atom. The number of hydrogen-bond donors (Lipinski definition) is 1. The maximum Gasteiger partial charge on any atom is 0.413 e. The Morgan fingerprint density at radius 2 is 1.86 bits per heavy atom. The number of aromatic nitrogens is 3. The fraction of sp³-hybridized carbons (Fsp3) is 0.500. The second-order valence-corrected chi connectivity index (χ2v) is 7.81. The van der Waals surface area contributed by atoms with Gasteiger partial charge in [0.1, 0.15) is 5.82 Å². The Bertz CT molecular complexity index is 806. The summed E-state index contributed by atoms with van der Waals surface area (Å²) in [6, 6.07) is 10.1. The topological polar surface area (TPSA) is 89.3 Å². The number of carbonyl (C=O) groups excluding carboxylic acids is 2. The van der Waals surface area contributed by atoms with Crippen LogP contribution in [0.2, 0.25) is 0 Å². The normalized spacial score (nSPS) is 14.5. The van der Waals surface area contributed by atoms with Crippen LogP contribution in [0.5, 0.6) is 0 Å². The number of alkyl carbamates (subject to hydrolysis) is 1. The van der Waals surface area contributed by atoms with Crippen molar-refractivity contribution in [3.63, 3.8) is 0 Å². The average molecular weight is 418 g/mol. The molecule has 0 bridgehead atoms. The minimum Gasteiger partial charge on any atom is -0.450 e. The SMILES string of the molecule is CCOC(=O)NC(=O)CSc1nnc(CN2CCCCC2)n1Cc1ccccc1. The first-order chi connectivity index (χ1) is 14.2. The third-order valence-electron chi connectivity index (χ3n) is 4.64. The number of amides is 2. The Morgan fingerprint density at radius 1 is 1.10 bits per heavy atom. The minimum absolute atomic E-state index is 0.0649. The fourth-order valence-corrected chi connectivity index (χ4v) is 3.99. The molecule has 0 unspecified atom stereocenters. The lowest BCUT2D eigenvalue weighted by atomic mass is 10.1. The lowest BCUT2D eigenvalue weighted by molar-refractivity contribution is -0.117. The predicted molar refractivity (Wildman–Crippen MR) is 111 cm³/mol. The molecule has 1 aliphatic heterocycles. The van der Waals surface area contributed by atoms with Crippen LogP contribution in [-0.2, 0) is 22.6 Å². The number of piperidine rings is 1. The standard InChI is InChI=1S/C20H27N5O3S/c1-2-28-20(27)21-18(26)15-29-19-23-22-17(14-24-11-7-4-8-12-24)25(19)13-16-9-5-3-6-10-16/h3,5-6,9-10H,2,4,7-8,11-15H2,1H3,(H,21,26,27). The smallest absolute Gasteiger partial charge is 0.413 e. The van der Waals surface area contributed by atoms with Crippen LogP contribution in [0.4, 0.5) is 4.79 Å². The molecule has 2 amide bonds. The number of imide groups is 1. The summed E-state index contributed by atoms with van der Waals surface area (Å²) in [5.41, 5.74) is 1.14. The summed E-state index contributed by atoms with van der Waals surface area (Å²) in [5, 5.41) is 11.6. The predicted octanol–water partition coefficient (Wildman–Crippen LogP) is 2.68. The molecule has 2 aromatic rings. The zero-order valence-corrected chi connectivity index (χ0v) is 17.5. The van der Waals surface area contributed by atoms with Gasteiger partial charge in [0.25, 0.3) is 0 Å². The van der Waals surface area contributed by atoms with E-state index >= 15 is 0 Å². The molecule has 2 heterocycles.